The largest absolute Gasteiger partial charge is 0.496 e. The van der Waals surface area contributed by atoms with E-state index in [1.807, 2.05) is 19.3 Å². The molecule has 0 spiro atoms. The Morgan fingerprint density at radius 2 is 2.26 bits per heavy atom. The van der Waals surface area contributed by atoms with E-state index in [-0.39, 0.29) is 5.69 Å². The molecule has 0 saturated carbocycles. The van der Waals surface area contributed by atoms with Crippen LogP contribution in [0.1, 0.15) is 5.56 Å². The highest BCUT2D eigenvalue weighted by molar-refractivity contribution is 5.44. The molecule has 1 N–H and O–H groups in total. The van der Waals surface area contributed by atoms with Crippen LogP contribution in [0.2, 0.25) is 0 Å². The number of hydrogen-bond acceptors (Lipinski definition) is 5. The van der Waals surface area contributed by atoms with E-state index in [0.29, 0.717) is 18.1 Å². The number of nitro benzene ring substituents is 1. The van der Waals surface area contributed by atoms with Gasteiger partial charge in [-0.25, -0.2) is 0 Å². The first-order valence-electron chi connectivity index (χ1n) is 5.64. The molecule has 1 heterocycles. The highest BCUT2D eigenvalue weighted by Gasteiger charge is 2.10. The van der Waals surface area contributed by atoms with Crippen molar-refractivity contribution in [3.8, 4) is 5.75 Å². The molecule has 2 aromatic rings. The van der Waals surface area contributed by atoms with Crippen LogP contribution in [0, 0.1) is 10.1 Å². The number of methoxy groups -OCH3 is 1. The first-order valence-corrected chi connectivity index (χ1v) is 5.64. The van der Waals surface area contributed by atoms with Gasteiger partial charge in [-0.05, 0) is 11.6 Å². The van der Waals surface area contributed by atoms with Crippen LogP contribution in [0.15, 0.2) is 30.5 Å². The first kappa shape index (κ1) is 12.9. The highest BCUT2D eigenvalue weighted by atomic mass is 16.6. The predicted octanol–water partition coefficient (Wildman–Crippen LogP) is 1.95. The van der Waals surface area contributed by atoms with E-state index in [1.165, 1.54) is 19.2 Å². The van der Waals surface area contributed by atoms with E-state index in [4.69, 9.17) is 4.74 Å². The van der Waals surface area contributed by atoms with Crippen LogP contribution in [0.4, 0.5) is 11.5 Å². The van der Waals surface area contributed by atoms with Crippen LogP contribution in [0.25, 0.3) is 0 Å². The second-order valence-corrected chi connectivity index (χ2v) is 4.02. The molecule has 0 aliphatic rings. The lowest BCUT2D eigenvalue weighted by atomic mass is 10.2. The Hall–Kier alpha value is -2.57. The van der Waals surface area contributed by atoms with Gasteiger partial charge in [0.1, 0.15) is 11.6 Å². The van der Waals surface area contributed by atoms with Crippen molar-refractivity contribution in [1.82, 2.24) is 9.78 Å². The molecular weight excluding hydrogens is 248 g/mol. The van der Waals surface area contributed by atoms with E-state index in [1.54, 1.807) is 10.7 Å². The van der Waals surface area contributed by atoms with Crippen LogP contribution in [0.3, 0.4) is 0 Å². The maximum absolute atomic E-state index is 10.8. The summed E-state index contributed by atoms with van der Waals surface area (Å²) in [5.74, 6) is 1.18. The topological polar surface area (TPSA) is 82.2 Å². The second-order valence-electron chi connectivity index (χ2n) is 4.02. The second kappa shape index (κ2) is 5.38. The minimum Gasteiger partial charge on any atom is -0.496 e. The van der Waals surface area contributed by atoms with Crippen molar-refractivity contribution >= 4 is 11.5 Å². The first-order chi connectivity index (χ1) is 9.08. The minimum atomic E-state index is -0.438. The lowest BCUT2D eigenvalue weighted by Gasteiger charge is -2.06. The van der Waals surface area contributed by atoms with Gasteiger partial charge in [-0.2, -0.15) is 5.10 Å². The number of rotatable bonds is 5. The summed E-state index contributed by atoms with van der Waals surface area (Å²) in [5.41, 5.74) is 0.772. The molecule has 0 radical (unpaired) electrons. The quantitative estimate of drug-likeness (QED) is 0.657. The third kappa shape index (κ3) is 3.21. The van der Waals surface area contributed by atoms with Gasteiger partial charge < -0.3 is 10.1 Å². The fourth-order valence-electron chi connectivity index (χ4n) is 1.67. The van der Waals surface area contributed by atoms with Crippen LogP contribution in [-0.4, -0.2) is 21.8 Å². The van der Waals surface area contributed by atoms with E-state index < -0.39 is 4.92 Å². The number of benzene rings is 1. The molecular formula is C12H14N4O3. The summed E-state index contributed by atoms with van der Waals surface area (Å²) >= 11 is 0. The van der Waals surface area contributed by atoms with Crippen molar-refractivity contribution in [3.63, 3.8) is 0 Å². The smallest absolute Gasteiger partial charge is 0.273 e. The van der Waals surface area contributed by atoms with Gasteiger partial charge in [0.05, 0.1) is 18.1 Å². The molecule has 7 heteroatoms. The molecule has 1 aromatic heterocycles. The normalized spacial score (nSPS) is 10.2. The molecule has 100 valence electrons. The van der Waals surface area contributed by atoms with Gasteiger partial charge in [0.2, 0.25) is 0 Å². The van der Waals surface area contributed by atoms with Crippen molar-refractivity contribution < 1.29 is 9.66 Å². The van der Waals surface area contributed by atoms with Crippen molar-refractivity contribution in [2.45, 2.75) is 6.54 Å². The average molecular weight is 262 g/mol. The molecule has 0 aliphatic carbocycles. The van der Waals surface area contributed by atoms with E-state index in [0.717, 1.165) is 5.56 Å². The van der Waals surface area contributed by atoms with Crippen LogP contribution >= 0.6 is 0 Å². The number of non-ortho nitro benzene ring substituents is 1. The molecule has 0 atom stereocenters. The molecule has 0 amide bonds. The van der Waals surface area contributed by atoms with Gasteiger partial charge in [0, 0.05) is 31.9 Å². The molecule has 0 unspecified atom stereocenters. The zero-order valence-electron chi connectivity index (χ0n) is 10.7. The molecule has 0 fully saturated rings. The van der Waals surface area contributed by atoms with Crippen molar-refractivity contribution in [2.24, 2.45) is 7.05 Å². The number of ether oxygens (including phenoxy) is 1. The summed E-state index contributed by atoms with van der Waals surface area (Å²) in [4.78, 5) is 10.4. The van der Waals surface area contributed by atoms with Gasteiger partial charge in [-0.3, -0.25) is 14.8 Å². The molecule has 19 heavy (non-hydrogen) atoms. The summed E-state index contributed by atoms with van der Waals surface area (Å²) in [6.07, 6.45) is 1.82. The standard InChI is InChI=1S/C12H14N4O3/c1-15-4-3-12(14-15)13-8-9-5-10(16(17)18)7-11(6-9)19-2/h3-7H,8H2,1-2H3,(H,13,14). The SMILES string of the molecule is COc1cc(CNc2ccn(C)n2)cc([N+](=O)[O-])c1. The van der Waals surface area contributed by atoms with E-state index >= 15 is 0 Å². The summed E-state index contributed by atoms with van der Waals surface area (Å²) < 4.78 is 6.73. The number of aromatic nitrogens is 2. The molecule has 0 aliphatic heterocycles. The van der Waals surface area contributed by atoms with Crippen molar-refractivity contribution in [1.29, 1.82) is 0 Å². The van der Waals surface area contributed by atoms with E-state index in [2.05, 4.69) is 10.4 Å². The number of anilines is 1. The number of nitrogens with zero attached hydrogens (tertiary/aromatic N) is 3. The lowest BCUT2D eigenvalue weighted by Crippen LogP contribution is -2.02. The fraction of sp³-hybridized carbons (Fsp3) is 0.250. The summed E-state index contributed by atoms with van der Waals surface area (Å²) in [6, 6.07) is 6.49. The Morgan fingerprint density at radius 1 is 1.47 bits per heavy atom. The zero-order chi connectivity index (χ0) is 13.8. The summed E-state index contributed by atoms with van der Waals surface area (Å²) in [6.45, 7) is 0.440. The maximum Gasteiger partial charge on any atom is 0.273 e. The van der Waals surface area contributed by atoms with Gasteiger partial charge >= 0.3 is 0 Å². The Labute approximate surface area is 110 Å². The Bertz CT molecular complexity index is 594. The Kier molecular flexibility index (Phi) is 3.65. The molecule has 0 saturated heterocycles. The van der Waals surface area contributed by atoms with E-state index in [9.17, 15) is 10.1 Å². The average Bonchev–Trinajstić information content (AvgIpc) is 2.81. The summed E-state index contributed by atoms with van der Waals surface area (Å²) in [5, 5.41) is 18.1. The minimum absolute atomic E-state index is 0.0113. The Balaban J connectivity index is 2.15. The van der Waals surface area contributed by atoms with Crippen LogP contribution in [-0.2, 0) is 13.6 Å². The maximum atomic E-state index is 10.8. The monoisotopic (exact) mass is 262 g/mol. The molecule has 1 aromatic carbocycles. The third-order valence-electron chi connectivity index (χ3n) is 2.58. The van der Waals surface area contributed by atoms with Gasteiger partial charge in [0.15, 0.2) is 0 Å². The van der Waals surface area contributed by atoms with Crippen molar-refractivity contribution in [3.05, 3.63) is 46.1 Å². The van der Waals surface area contributed by atoms with Crippen molar-refractivity contribution in [2.75, 3.05) is 12.4 Å². The molecule has 2 rings (SSSR count). The number of nitro groups is 1. The molecule has 0 bridgehead atoms. The third-order valence-corrected chi connectivity index (χ3v) is 2.58. The van der Waals surface area contributed by atoms with Crippen LogP contribution < -0.4 is 10.1 Å². The number of nitrogens with one attached hydrogen (secondary N) is 1. The van der Waals surface area contributed by atoms with Gasteiger partial charge in [-0.15, -0.1) is 0 Å². The molecule has 7 nitrogen and oxygen atoms in total. The highest BCUT2D eigenvalue weighted by Crippen LogP contribution is 2.23. The predicted molar refractivity (Wildman–Crippen MR) is 70.2 cm³/mol. The van der Waals surface area contributed by atoms with Gasteiger partial charge in [0.25, 0.3) is 5.69 Å². The van der Waals surface area contributed by atoms with Crippen LogP contribution in [0.5, 0.6) is 5.75 Å². The summed E-state index contributed by atoms with van der Waals surface area (Å²) in [7, 11) is 3.30. The Morgan fingerprint density at radius 3 is 2.84 bits per heavy atom. The lowest BCUT2D eigenvalue weighted by molar-refractivity contribution is -0.385. The number of aryl methyl sites for hydroxylation is 1. The zero-order valence-corrected chi connectivity index (χ0v) is 10.7. The fourth-order valence-corrected chi connectivity index (χ4v) is 1.67. The number of hydrogen-bond donors (Lipinski definition) is 1. The van der Waals surface area contributed by atoms with Gasteiger partial charge in [-0.1, -0.05) is 0 Å².